The number of unbranched alkanes of at least 4 members (excludes halogenated alkanes) is 2. The number of likely N-dealkylation sites (tertiary alicyclic amines) is 1. The second-order valence-electron chi connectivity index (χ2n) is 9.36. The lowest BCUT2D eigenvalue weighted by molar-refractivity contribution is -0.139. The number of Topliss-reactive ketones (excluding diaryl/α,β-unsaturated/α-hetero) is 2. The summed E-state index contributed by atoms with van der Waals surface area (Å²) in [5.74, 6) is -2.26. The lowest BCUT2D eigenvalue weighted by Crippen LogP contribution is -2.45. The second kappa shape index (κ2) is 14.5. The van der Waals surface area contributed by atoms with Crippen LogP contribution in [0.5, 0.6) is 0 Å². The van der Waals surface area contributed by atoms with Gasteiger partial charge in [-0.3, -0.25) is 28.9 Å². The van der Waals surface area contributed by atoms with E-state index in [-0.39, 0.29) is 66.9 Å². The molecule has 5 amide bonds. The average molecular weight is 482 g/mol. The zero-order valence-corrected chi connectivity index (χ0v) is 20.6. The molecule has 0 aromatic heterocycles. The minimum absolute atomic E-state index is 0.0757. The van der Waals surface area contributed by atoms with E-state index in [1.54, 1.807) is 6.92 Å². The summed E-state index contributed by atoms with van der Waals surface area (Å²) in [7, 11) is 0. The van der Waals surface area contributed by atoms with Crippen LogP contribution in [0.25, 0.3) is 0 Å². The predicted molar refractivity (Wildman–Crippen MR) is 126 cm³/mol. The van der Waals surface area contributed by atoms with Gasteiger partial charge in [0.15, 0.2) is 5.78 Å². The highest BCUT2D eigenvalue weighted by atomic mass is 16.2. The van der Waals surface area contributed by atoms with Crippen LogP contribution < -0.4 is 16.4 Å². The van der Waals surface area contributed by atoms with Crippen molar-refractivity contribution in [3.63, 3.8) is 0 Å². The number of hydrogen-bond donors (Lipinski definition) is 3. The first-order chi connectivity index (χ1) is 16.5. The molecule has 3 atom stereocenters. The number of nitrogens with one attached hydrogen (secondary N) is 2. The molecular weight excluding hydrogens is 440 g/mol. The average Bonchev–Trinajstić information content (AvgIpc) is 3.03. The monoisotopic (exact) mass is 481 g/mol. The van der Waals surface area contributed by atoms with Gasteiger partial charge in [-0.1, -0.05) is 27.2 Å². The van der Waals surface area contributed by atoms with Gasteiger partial charge < -0.3 is 16.4 Å². The Morgan fingerprint density at radius 1 is 1.15 bits per heavy atom. The van der Waals surface area contributed by atoms with Crippen molar-refractivity contribution in [1.82, 2.24) is 15.5 Å². The topological polar surface area (TPSA) is 156 Å². The van der Waals surface area contributed by atoms with Gasteiger partial charge in [0.25, 0.3) is 0 Å². The minimum Gasteiger partial charge on any atom is -0.352 e. The molecule has 0 aromatic carbocycles. The van der Waals surface area contributed by atoms with Crippen LogP contribution in [0.15, 0.2) is 0 Å². The summed E-state index contributed by atoms with van der Waals surface area (Å²) >= 11 is 0. The molecule has 1 unspecified atom stereocenters. The highest BCUT2D eigenvalue weighted by Crippen LogP contribution is 2.20. The first-order valence-corrected chi connectivity index (χ1v) is 12.0. The van der Waals surface area contributed by atoms with E-state index in [2.05, 4.69) is 10.6 Å². The molecule has 0 saturated carbocycles. The van der Waals surface area contributed by atoms with Gasteiger partial charge in [-0.25, -0.2) is 4.79 Å². The predicted octanol–water partition coefficient (Wildman–Crippen LogP) is 1.70. The van der Waals surface area contributed by atoms with Crippen LogP contribution in [0.3, 0.4) is 0 Å². The van der Waals surface area contributed by atoms with Crippen molar-refractivity contribution in [1.29, 1.82) is 0 Å². The van der Waals surface area contributed by atoms with Gasteiger partial charge in [0.1, 0.15) is 5.78 Å². The maximum atomic E-state index is 12.9. The largest absolute Gasteiger partial charge is 0.352 e. The van der Waals surface area contributed by atoms with Gasteiger partial charge in [-0.15, -0.1) is 0 Å². The van der Waals surface area contributed by atoms with Crippen LogP contribution in [0, 0.1) is 17.8 Å². The number of carbonyl (C=O) groups excluding carboxylic acids is 6. The number of nitrogens with zero attached hydrogens (tertiary/aromatic N) is 1. The van der Waals surface area contributed by atoms with Crippen LogP contribution in [0.1, 0.15) is 80.4 Å². The molecule has 192 valence electrons. The van der Waals surface area contributed by atoms with Crippen LogP contribution in [-0.4, -0.2) is 59.4 Å². The normalized spacial score (nSPS) is 17.9. The van der Waals surface area contributed by atoms with E-state index in [1.807, 2.05) is 13.8 Å². The lowest BCUT2D eigenvalue weighted by atomic mass is 9.88. The van der Waals surface area contributed by atoms with E-state index in [0.717, 1.165) is 0 Å². The molecule has 1 rings (SSSR count). The van der Waals surface area contributed by atoms with Crippen molar-refractivity contribution in [2.24, 2.45) is 23.5 Å². The summed E-state index contributed by atoms with van der Waals surface area (Å²) in [4.78, 5) is 73.3. The molecule has 1 fully saturated rings. The van der Waals surface area contributed by atoms with E-state index in [4.69, 9.17) is 7.10 Å². The quantitative estimate of drug-likeness (QED) is 0.225. The van der Waals surface area contributed by atoms with E-state index < -0.39 is 24.9 Å². The number of imide groups is 1. The van der Waals surface area contributed by atoms with E-state index in [9.17, 15) is 28.8 Å². The molecule has 10 nitrogen and oxygen atoms in total. The molecule has 0 radical (unpaired) electrons. The molecule has 0 spiro atoms. The van der Waals surface area contributed by atoms with Crippen molar-refractivity contribution in [2.45, 2.75) is 85.1 Å². The third-order valence-electron chi connectivity index (χ3n) is 6.02. The van der Waals surface area contributed by atoms with Gasteiger partial charge in [-0.2, -0.15) is 0 Å². The number of amides is 5. The first-order valence-electron chi connectivity index (χ1n) is 12.7. The van der Waals surface area contributed by atoms with Gasteiger partial charge in [-0.05, 0) is 38.5 Å². The Morgan fingerprint density at radius 2 is 1.85 bits per heavy atom. The minimum atomic E-state index is -0.742. The van der Waals surface area contributed by atoms with Crippen molar-refractivity contribution in [3.8, 4) is 0 Å². The second-order valence-corrected chi connectivity index (χ2v) is 9.36. The fourth-order valence-corrected chi connectivity index (χ4v) is 3.99. The highest BCUT2D eigenvalue weighted by Gasteiger charge is 2.34. The van der Waals surface area contributed by atoms with Crippen LogP contribution >= 0.6 is 0 Å². The van der Waals surface area contributed by atoms with Gasteiger partial charge in [0, 0.05) is 45.6 Å². The van der Waals surface area contributed by atoms with Crippen LogP contribution in [-0.2, 0) is 24.0 Å². The van der Waals surface area contributed by atoms with E-state index >= 15 is 0 Å². The molecule has 0 aromatic rings. The van der Waals surface area contributed by atoms with Gasteiger partial charge >= 0.3 is 6.03 Å². The molecular formula is C24H40N4O6. The molecule has 10 heteroatoms. The summed E-state index contributed by atoms with van der Waals surface area (Å²) in [5, 5.41) is 5.21. The fraction of sp³-hybridized carbons (Fsp3) is 0.750. The number of primary amides is 1. The van der Waals surface area contributed by atoms with Crippen molar-refractivity contribution < 1.29 is 30.1 Å². The molecule has 34 heavy (non-hydrogen) atoms. The molecule has 1 saturated heterocycles. The summed E-state index contributed by atoms with van der Waals surface area (Å²) < 4.78 is 7.37. The standard InChI is InChI=1S/C24H40N4O6/c1-15(2)22(19(30)14-18(17(4)29)9-8-11-26-24(25)34)27-20(31)10-6-5-7-12-28-21(32)13-16(3)23(28)33/h15-16,18,22H,5-14H2,1-4H3,(H,27,31)(H3,25,26,34)/t16?,18-,22+/m1/s1/i4D. The van der Waals surface area contributed by atoms with E-state index in [1.165, 1.54) is 4.90 Å². The molecule has 1 heterocycles. The number of rotatable bonds is 16. The molecule has 0 bridgehead atoms. The highest BCUT2D eigenvalue weighted by molar-refractivity contribution is 6.03. The van der Waals surface area contributed by atoms with Gasteiger partial charge in [0.05, 0.1) is 6.04 Å². The number of carbonyl (C=O) groups is 6. The zero-order chi connectivity index (χ0) is 26.5. The Kier molecular flexibility index (Phi) is 11.7. The van der Waals surface area contributed by atoms with Crippen LogP contribution in [0.2, 0.25) is 0 Å². The van der Waals surface area contributed by atoms with Crippen molar-refractivity contribution in [2.75, 3.05) is 13.1 Å². The third-order valence-corrected chi connectivity index (χ3v) is 6.02. The first kappa shape index (κ1) is 27.5. The molecule has 0 aliphatic carbocycles. The number of urea groups is 1. The molecule has 4 N–H and O–H groups in total. The maximum Gasteiger partial charge on any atom is 0.312 e. The summed E-state index contributed by atoms with van der Waals surface area (Å²) in [5.41, 5.74) is 5.02. The Hall–Kier alpha value is -2.78. The van der Waals surface area contributed by atoms with Crippen molar-refractivity contribution >= 4 is 35.3 Å². The third kappa shape index (κ3) is 10.0. The van der Waals surface area contributed by atoms with Gasteiger partial charge in [0.2, 0.25) is 17.7 Å². The summed E-state index contributed by atoms with van der Waals surface area (Å²) in [6, 6.07) is -1.41. The Balaban J connectivity index is 2.48. The SMILES string of the molecule is [2H]CC(=O)[C@H](CCCNC(N)=O)CC(=O)[C@@H](NC(=O)CCCCCN1C(=O)CC(C)C1=O)C(C)C. The van der Waals surface area contributed by atoms with Crippen LogP contribution in [0.4, 0.5) is 4.79 Å². The Morgan fingerprint density at radius 3 is 2.41 bits per heavy atom. The number of hydrogen-bond acceptors (Lipinski definition) is 6. The summed E-state index contributed by atoms with van der Waals surface area (Å²) in [6.07, 6.45) is 3.01. The molecule has 1 aliphatic heterocycles. The Bertz CT molecular complexity index is 788. The maximum absolute atomic E-state index is 12.9. The Labute approximate surface area is 203 Å². The van der Waals surface area contributed by atoms with E-state index in [0.29, 0.717) is 38.6 Å². The smallest absolute Gasteiger partial charge is 0.312 e. The van der Waals surface area contributed by atoms with Crippen molar-refractivity contribution in [3.05, 3.63) is 0 Å². The lowest BCUT2D eigenvalue weighted by Gasteiger charge is -2.23. The number of ketones is 2. The fourth-order valence-electron chi connectivity index (χ4n) is 3.99. The summed E-state index contributed by atoms with van der Waals surface area (Å²) in [6.45, 7) is 5.56. The number of nitrogens with two attached hydrogens (primary N) is 1. The zero-order valence-electron chi connectivity index (χ0n) is 21.6. The molecule has 1 aliphatic rings.